The zero-order valence-electron chi connectivity index (χ0n) is 8.17. The number of hydrogen-bond donors (Lipinski definition) is 1. The number of carbonyl (C=O) groups is 1. The van der Waals surface area contributed by atoms with Gasteiger partial charge in [0.15, 0.2) is 0 Å². The standard InChI is InChI=1S/C8H17NO3S/c1-3-6-9-8(10)5-4-7-13(2,11)12/h3-7H2,1-2H3,(H,9,10). The van der Waals surface area contributed by atoms with E-state index < -0.39 is 9.84 Å². The molecule has 0 heterocycles. The molecule has 5 heteroatoms. The van der Waals surface area contributed by atoms with Crippen LogP contribution in [0.25, 0.3) is 0 Å². The van der Waals surface area contributed by atoms with E-state index in [-0.39, 0.29) is 11.7 Å². The summed E-state index contributed by atoms with van der Waals surface area (Å²) < 4.78 is 21.4. The van der Waals surface area contributed by atoms with Crippen LogP contribution >= 0.6 is 0 Å². The summed E-state index contributed by atoms with van der Waals surface area (Å²) in [6, 6.07) is 0. The molecule has 0 aliphatic carbocycles. The monoisotopic (exact) mass is 207 g/mol. The Morgan fingerprint density at radius 3 is 2.46 bits per heavy atom. The van der Waals surface area contributed by atoms with Gasteiger partial charge in [-0.25, -0.2) is 8.42 Å². The van der Waals surface area contributed by atoms with E-state index in [0.717, 1.165) is 6.42 Å². The summed E-state index contributed by atoms with van der Waals surface area (Å²) in [6.07, 6.45) is 2.79. The molecule has 13 heavy (non-hydrogen) atoms. The molecule has 0 atom stereocenters. The van der Waals surface area contributed by atoms with Crippen molar-refractivity contribution < 1.29 is 13.2 Å². The lowest BCUT2D eigenvalue weighted by atomic mass is 10.3. The second-order valence-electron chi connectivity index (χ2n) is 3.08. The van der Waals surface area contributed by atoms with Crippen LogP contribution in [0.5, 0.6) is 0 Å². The van der Waals surface area contributed by atoms with Crippen molar-refractivity contribution >= 4 is 15.7 Å². The molecule has 0 rings (SSSR count). The average Bonchev–Trinajstić information content (AvgIpc) is 1.98. The third kappa shape index (κ3) is 9.33. The first-order chi connectivity index (χ1) is 5.95. The molecule has 0 bridgehead atoms. The van der Waals surface area contributed by atoms with E-state index in [9.17, 15) is 13.2 Å². The lowest BCUT2D eigenvalue weighted by Gasteiger charge is -2.02. The lowest BCUT2D eigenvalue weighted by molar-refractivity contribution is -0.121. The Hall–Kier alpha value is -0.580. The van der Waals surface area contributed by atoms with E-state index in [1.54, 1.807) is 0 Å². The Bertz CT molecular complexity index is 246. The highest BCUT2D eigenvalue weighted by molar-refractivity contribution is 7.90. The van der Waals surface area contributed by atoms with Crippen molar-refractivity contribution in [1.82, 2.24) is 5.32 Å². The van der Waals surface area contributed by atoms with Crippen LogP contribution in [0.2, 0.25) is 0 Å². The van der Waals surface area contributed by atoms with Crippen LogP contribution in [-0.4, -0.2) is 32.9 Å². The molecule has 0 radical (unpaired) electrons. The number of amides is 1. The quantitative estimate of drug-likeness (QED) is 0.683. The van der Waals surface area contributed by atoms with Crippen LogP contribution in [0, 0.1) is 0 Å². The minimum atomic E-state index is -2.92. The Labute approximate surface area is 79.6 Å². The molecule has 0 fully saturated rings. The van der Waals surface area contributed by atoms with Gasteiger partial charge >= 0.3 is 0 Å². The molecule has 0 aromatic heterocycles. The van der Waals surface area contributed by atoms with Gasteiger partial charge in [0, 0.05) is 19.2 Å². The van der Waals surface area contributed by atoms with Gasteiger partial charge in [-0.15, -0.1) is 0 Å². The highest BCUT2D eigenvalue weighted by Crippen LogP contribution is 1.94. The zero-order chi connectivity index (χ0) is 10.3. The van der Waals surface area contributed by atoms with Crippen LogP contribution in [0.4, 0.5) is 0 Å². The average molecular weight is 207 g/mol. The lowest BCUT2D eigenvalue weighted by Crippen LogP contribution is -2.24. The first-order valence-corrected chi connectivity index (χ1v) is 6.46. The second-order valence-corrected chi connectivity index (χ2v) is 5.34. The molecular formula is C8H17NO3S. The molecule has 0 aliphatic heterocycles. The van der Waals surface area contributed by atoms with Gasteiger partial charge in [0.05, 0.1) is 5.75 Å². The fraction of sp³-hybridized carbons (Fsp3) is 0.875. The SMILES string of the molecule is CCCNC(=O)CCCS(C)(=O)=O. The van der Waals surface area contributed by atoms with Crippen LogP contribution in [-0.2, 0) is 14.6 Å². The van der Waals surface area contributed by atoms with Crippen molar-refractivity contribution in [3.63, 3.8) is 0 Å². The molecule has 0 saturated carbocycles. The van der Waals surface area contributed by atoms with Crippen molar-refractivity contribution in [3.8, 4) is 0 Å². The Morgan fingerprint density at radius 2 is 2.00 bits per heavy atom. The van der Waals surface area contributed by atoms with Gasteiger partial charge in [-0.05, 0) is 12.8 Å². The van der Waals surface area contributed by atoms with Crippen molar-refractivity contribution in [2.45, 2.75) is 26.2 Å². The van der Waals surface area contributed by atoms with E-state index in [4.69, 9.17) is 0 Å². The third-order valence-corrected chi connectivity index (χ3v) is 2.52. The fourth-order valence-corrected chi connectivity index (χ4v) is 1.52. The number of sulfone groups is 1. The highest BCUT2D eigenvalue weighted by atomic mass is 32.2. The summed E-state index contributed by atoms with van der Waals surface area (Å²) >= 11 is 0. The summed E-state index contributed by atoms with van der Waals surface area (Å²) in [5, 5.41) is 2.68. The molecule has 78 valence electrons. The first kappa shape index (κ1) is 12.4. The Morgan fingerprint density at radius 1 is 1.38 bits per heavy atom. The minimum absolute atomic E-state index is 0.0644. The molecule has 0 aliphatic rings. The summed E-state index contributed by atoms with van der Waals surface area (Å²) in [5.41, 5.74) is 0. The summed E-state index contributed by atoms with van der Waals surface area (Å²) in [7, 11) is -2.92. The largest absolute Gasteiger partial charge is 0.356 e. The van der Waals surface area contributed by atoms with E-state index in [1.165, 1.54) is 6.26 Å². The molecule has 0 aromatic carbocycles. The van der Waals surface area contributed by atoms with E-state index in [1.807, 2.05) is 6.92 Å². The van der Waals surface area contributed by atoms with Gasteiger partial charge in [-0.2, -0.15) is 0 Å². The number of carbonyl (C=O) groups excluding carboxylic acids is 1. The summed E-state index contributed by atoms with van der Waals surface area (Å²) in [6.45, 7) is 2.63. The molecule has 0 aromatic rings. The maximum Gasteiger partial charge on any atom is 0.220 e. The second kappa shape index (κ2) is 5.96. The maximum atomic E-state index is 11.0. The molecule has 1 N–H and O–H groups in total. The third-order valence-electron chi connectivity index (χ3n) is 1.49. The van der Waals surface area contributed by atoms with Gasteiger partial charge in [0.25, 0.3) is 0 Å². The van der Waals surface area contributed by atoms with E-state index in [2.05, 4.69) is 5.32 Å². The van der Waals surface area contributed by atoms with Gasteiger partial charge in [-0.1, -0.05) is 6.92 Å². The topological polar surface area (TPSA) is 63.2 Å². The normalized spacial score (nSPS) is 11.2. The predicted octanol–water partition coefficient (Wildman–Crippen LogP) is 0.337. The fourth-order valence-electron chi connectivity index (χ4n) is 0.848. The molecule has 4 nitrogen and oxygen atoms in total. The first-order valence-electron chi connectivity index (χ1n) is 4.40. The van der Waals surface area contributed by atoms with E-state index in [0.29, 0.717) is 19.4 Å². The molecule has 1 amide bonds. The van der Waals surface area contributed by atoms with Crippen LogP contribution in [0.3, 0.4) is 0 Å². The zero-order valence-corrected chi connectivity index (χ0v) is 8.99. The maximum absolute atomic E-state index is 11.0. The smallest absolute Gasteiger partial charge is 0.220 e. The van der Waals surface area contributed by atoms with Gasteiger partial charge in [0.1, 0.15) is 9.84 Å². The van der Waals surface area contributed by atoms with Crippen LogP contribution in [0.1, 0.15) is 26.2 Å². The predicted molar refractivity (Wildman–Crippen MR) is 52.2 cm³/mol. The van der Waals surface area contributed by atoms with Gasteiger partial charge < -0.3 is 5.32 Å². The molecule has 0 spiro atoms. The Balaban J connectivity index is 3.49. The minimum Gasteiger partial charge on any atom is -0.356 e. The van der Waals surface area contributed by atoms with Gasteiger partial charge in [0.2, 0.25) is 5.91 Å². The Kier molecular flexibility index (Phi) is 5.70. The highest BCUT2D eigenvalue weighted by Gasteiger charge is 2.04. The van der Waals surface area contributed by atoms with Crippen LogP contribution in [0.15, 0.2) is 0 Å². The summed E-state index contributed by atoms with van der Waals surface area (Å²) in [5.74, 6) is 0.0255. The van der Waals surface area contributed by atoms with Crippen molar-refractivity contribution in [3.05, 3.63) is 0 Å². The molecule has 0 unspecified atom stereocenters. The number of hydrogen-bond acceptors (Lipinski definition) is 3. The van der Waals surface area contributed by atoms with Gasteiger partial charge in [-0.3, -0.25) is 4.79 Å². The molecule has 0 saturated heterocycles. The molecular weight excluding hydrogens is 190 g/mol. The van der Waals surface area contributed by atoms with Crippen molar-refractivity contribution in [2.75, 3.05) is 18.6 Å². The number of nitrogens with one attached hydrogen (secondary N) is 1. The number of rotatable bonds is 6. The summed E-state index contributed by atoms with van der Waals surface area (Å²) in [4.78, 5) is 11.0. The van der Waals surface area contributed by atoms with E-state index >= 15 is 0 Å². The van der Waals surface area contributed by atoms with Crippen LogP contribution < -0.4 is 5.32 Å². The van der Waals surface area contributed by atoms with Crippen molar-refractivity contribution in [1.29, 1.82) is 0 Å². The van der Waals surface area contributed by atoms with Crippen molar-refractivity contribution in [2.24, 2.45) is 0 Å².